The van der Waals surface area contributed by atoms with E-state index < -0.39 is 0 Å². The minimum Gasteiger partial charge on any atom is -0.456 e. The average molecular weight is 424 g/mol. The second kappa shape index (κ2) is 9.36. The van der Waals surface area contributed by atoms with Crippen molar-refractivity contribution in [1.29, 1.82) is 0 Å². The molecule has 30 heavy (non-hydrogen) atoms. The van der Waals surface area contributed by atoms with Crippen molar-refractivity contribution < 1.29 is 9.53 Å². The fourth-order valence-corrected chi connectivity index (χ4v) is 3.87. The smallest absolute Gasteiger partial charge is 0.268 e. The van der Waals surface area contributed by atoms with E-state index in [-0.39, 0.29) is 11.4 Å². The molecule has 1 atom stereocenters. The molecule has 1 aliphatic rings. The quantitative estimate of drug-likeness (QED) is 0.328. The number of aromatic nitrogens is 3. The Morgan fingerprint density at radius 1 is 1.30 bits per heavy atom. The van der Waals surface area contributed by atoms with Crippen molar-refractivity contribution in [2.75, 3.05) is 11.9 Å². The number of H-pyrrole nitrogens is 1. The van der Waals surface area contributed by atoms with Crippen molar-refractivity contribution in [3.05, 3.63) is 77.5 Å². The Morgan fingerprint density at radius 3 is 3.00 bits per heavy atom. The van der Waals surface area contributed by atoms with Crippen LogP contribution < -0.4 is 20.7 Å². The van der Waals surface area contributed by atoms with Crippen LogP contribution in [0.25, 0.3) is 0 Å². The molecule has 4 rings (SSSR count). The van der Waals surface area contributed by atoms with Crippen molar-refractivity contribution >= 4 is 23.5 Å². The molecule has 0 saturated carbocycles. The molecule has 1 aliphatic heterocycles. The normalized spacial score (nSPS) is 15.2. The van der Waals surface area contributed by atoms with Crippen LogP contribution in [-0.2, 0) is 18.2 Å². The molecule has 0 fully saturated rings. The Hall–Kier alpha value is -3.46. The molecule has 9 heteroatoms. The number of benzene rings is 1. The number of nitrogens with zero attached hydrogens (tertiary/aromatic N) is 2. The zero-order valence-electron chi connectivity index (χ0n) is 16.4. The number of carbonyl (C=O) groups is 1. The summed E-state index contributed by atoms with van der Waals surface area (Å²) in [7, 11) is 0. The van der Waals surface area contributed by atoms with Gasteiger partial charge in [0.15, 0.2) is 0 Å². The van der Waals surface area contributed by atoms with Crippen LogP contribution in [0.15, 0.2) is 66.2 Å². The molecule has 4 N–H and O–H groups in total. The topological polar surface area (TPSA) is 104 Å². The first-order valence-corrected chi connectivity index (χ1v) is 10.6. The minimum absolute atomic E-state index is 0.0840. The van der Waals surface area contributed by atoms with E-state index >= 15 is 0 Å². The molecule has 0 bridgehead atoms. The fraction of sp³-hybridized carbons (Fsp3) is 0.190. The van der Waals surface area contributed by atoms with Gasteiger partial charge in [0.05, 0.1) is 17.6 Å². The Labute approximate surface area is 178 Å². The van der Waals surface area contributed by atoms with Gasteiger partial charge in [-0.2, -0.15) is 0 Å². The molecule has 1 unspecified atom stereocenters. The van der Waals surface area contributed by atoms with E-state index in [0.29, 0.717) is 35.8 Å². The minimum atomic E-state index is -0.187. The number of para-hydroxylation sites is 1. The van der Waals surface area contributed by atoms with Gasteiger partial charge in [0.25, 0.3) is 11.4 Å². The SMILES string of the molecule is CC1=C[SH+]C(Nc2cc(Oc3ccccc3C(=O)NCCc3cnc[nH]3)ccn2)N1. The maximum absolute atomic E-state index is 12.7. The molecule has 1 amide bonds. The number of hydrogen-bond acceptors (Lipinski definition) is 6. The molecule has 0 aliphatic carbocycles. The maximum atomic E-state index is 12.7. The van der Waals surface area contributed by atoms with Gasteiger partial charge in [-0.25, -0.2) is 9.97 Å². The zero-order chi connectivity index (χ0) is 20.8. The lowest BCUT2D eigenvalue weighted by molar-refractivity contribution is 0.0952. The van der Waals surface area contributed by atoms with E-state index in [9.17, 15) is 4.79 Å². The number of carbonyl (C=O) groups excluding carboxylic acids is 1. The molecule has 8 nitrogen and oxygen atoms in total. The number of aromatic amines is 1. The first-order valence-electron chi connectivity index (χ1n) is 9.55. The van der Waals surface area contributed by atoms with Gasteiger partial charge in [0.1, 0.15) is 22.7 Å². The van der Waals surface area contributed by atoms with Gasteiger partial charge in [0, 0.05) is 48.9 Å². The lowest BCUT2D eigenvalue weighted by Crippen LogP contribution is -2.31. The number of imidazole rings is 1. The summed E-state index contributed by atoms with van der Waals surface area (Å²) in [6, 6.07) is 10.8. The number of nitrogens with one attached hydrogen (secondary N) is 4. The molecule has 0 saturated heterocycles. The summed E-state index contributed by atoms with van der Waals surface area (Å²) in [6.45, 7) is 2.53. The molecule has 0 radical (unpaired) electrons. The van der Waals surface area contributed by atoms with E-state index in [0.717, 1.165) is 23.2 Å². The van der Waals surface area contributed by atoms with Crippen molar-refractivity contribution in [2.45, 2.75) is 18.8 Å². The monoisotopic (exact) mass is 423 g/mol. The van der Waals surface area contributed by atoms with Gasteiger partial charge in [-0.15, -0.1) is 0 Å². The van der Waals surface area contributed by atoms with Gasteiger partial charge < -0.3 is 25.7 Å². The summed E-state index contributed by atoms with van der Waals surface area (Å²) in [5.41, 5.74) is 2.66. The number of thiol groups is 1. The fourth-order valence-electron chi connectivity index (χ4n) is 2.94. The van der Waals surface area contributed by atoms with Crippen LogP contribution in [-0.4, -0.2) is 32.9 Å². The van der Waals surface area contributed by atoms with Crippen molar-refractivity contribution in [1.82, 2.24) is 25.6 Å². The highest BCUT2D eigenvalue weighted by Crippen LogP contribution is 2.26. The third-order valence-electron chi connectivity index (χ3n) is 4.39. The number of pyridine rings is 1. The number of ether oxygens (including phenoxy) is 1. The first-order chi connectivity index (χ1) is 14.7. The van der Waals surface area contributed by atoms with Gasteiger partial charge in [0.2, 0.25) is 0 Å². The largest absolute Gasteiger partial charge is 0.456 e. The van der Waals surface area contributed by atoms with Gasteiger partial charge in [-0.1, -0.05) is 12.1 Å². The van der Waals surface area contributed by atoms with E-state index in [1.807, 2.05) is 25.1 Å². The Kier molecular flexibility index (Phi) is 6.19. The highest BCUT2D eigenvalue weighted by molar-refractivity contribution is 7.82. The number of rotatable bonds is 8. The van der Waals surface area contributed by atoms with E-state index in [1.165, 1.54) is 0 Å². The lowest BCUT2D eigenvalue weighted by atomic mass is 10.2. The third-order valence-corrected chi connectivity index (χ3v) is 5.48. The summed E-state index contributed by atoms with van der Waals surface area (Å²) in [5, 5.41) is 11.7. The summed E-state index contributed by atoms with van der Waals surface area (Å²) >= 11 is 1.14. The third kappa shape index (κ3) is 5.12. The summed E-state index contributed by atoms with van der Waals surface area (Å²) in [5.74, 6) is 1.60. The van der Waals surface area contributed by atoms with Gasteiger partial charge >= 0.3 is 0 Å². The van der Waals surface area contributed by atoms with E-state index in [2.05, 4.69) is 36.3 Å². The highest BCUT2D eigenvalue weighted by atomic mass is 32.2. The van der Waals surface area contributed by atoms with Crippen molar-refractivity contribution in [3.63, 3.8) is 0 Å². The Morgan fingerprint density at radius 2 is 2.20 bits per heavy atom. The molecule has 2 aromatic heterocycles. The Balaban J connectivity index is 1.40. The van der Waals surface area contributed by atoms with Gasteiger partial charge in [-0.3, -0.25) is 4.79 Å². The highest BCUT2D eigenvalue weighted by Gasteiger charge is 2.21. The predicted octanol–water partition coefficient (Wildman–Crippen LogP) is 2.54. The summed E-state index contributed by atoms with van der Waals surface area (Å²) in [4.78, 5) is 24.0. The molecule has 1 aromatic carbocycles. The summed E-state index contributed by atoms with van der Waals surface area (Å²) < 4.78 is 6.02. The van der Waals surface area contributed by atoms with Crippen LogP contribution in [0.4, 0.5) is 5.82 Å². The van der Waals surface area contributed by atoms with Crippen LogP contribution in [0.5, 0.6) is 11.5 Å². The molecule has 154 valence electrons. The number of allylic oxidation sites excluding steroid dienone is 1. The van der Waals surface area contributed by atoms with Crippen LogP contribution in [0.2, 0.25) is 0 Å². The molecule has 3 heterocycles. The zero-order valence-corrected chi connectivity index (χ0v) is 17.3. The second-order valence-electron chi connectivity index (χ2n) is 6.71. The van der Waals surface area contributed by atoms with Crippen molar-refractivity contribution in [2.24, 2.45) is 0 Å². The van der Waals surface area contributed by atoms with Gasteiger partial charge in [-0.05, 0) is 25.1 Å². The van der Waals surface area contributed by atoms with E-state index in [1.54, 1.807) is 36.9 Å². The molecule has 0 spiro atoms. The molecular formula is C21H23N6O2S+. The van der Waals surface area contributed by atoms with Crippen LogP contribution >= 0.6 is 0 Å². The van der Waals surface area contributed by atoms with Crippen molar-refractivity contribution in [3.8, 4) is 11.5 Å². The lowest BCUT2D eigenvalue weighted by Gasteiger charge is -2.13. The van der Waals surface area contributed by atoms with E-state index in [4.69, 9.17) is 4.74 Å². The number of amides is 1. The summed E-state index contributed by atoms with van der Waals surface area (Å²) in [6.07, 6.45) is 5.72. The number of anilines is 1. The van der Waals surface area contributed by atoms with Crippen LogP contribution in [0, 0.1) is 0 Å². The molecular weight excluding hydrogens is 400 g/mol. The molecule has 3 aromatic rings. The number of hydrogen-bond donors (Lipinski definition) is 4. The van der Waals surface area contributed by atoms with Crippen LogP contribution in [0.3, 0.4) is 0 Å². The first kappa shape index (κ1) is 19.8. The second-order valence-corrected chi connectivity index (χ2v) is 7.78. The Bertz CT molecular complexity index is 1040. The maximum Gasteiger partial charge on any atom is 0.268 e. The average Bonchev–Trinajstić information content (AvgIpc) is 3.40. The van der Waals surface area contributed by atoms with Crippen LogP contribution in [0.1, 0.15) is 23.0 Å². The predicted molar refractivity (Wildman–Crippen MR) is 118 cm³/mol. The standard InChI is InChI=1S/C21H22N6O2S/c1-14-12-30-21(26-14)27-19-10-16(7-9-23-19)29-18-5-3-2-4-17(18)20(28)24-8-6-15-11-22-13-25-15/h2-5,7,9-13,21,26H,6,8H2,1H3,(H,22,25)(H,23,27)(H,24,28)/p+1.